The quantitative estimate of drug-likeness (QED) is 0.696. The second kappa shape index (κ2) is 4.21. The molecule has 0 aliphatic rings. The predicted octanol–water partition coefficient (Wildman–Crippen LogP) is 1.72. The van der Waals surface area contributed by atoms with Crippen LogP contribution in [0.4, 0.5) is 0 Å². The average molecular weight is 210 g/mol. The second-order valence-corrected chi connectivity index (χ2v) is 4.72. The van der Waals surface area contributed by atoms with Gasteiger partial charge in [0.05, 0.1) is 6.61 Å². The minimum Gasteiger partial charge on any atom is -0.508 e. The molecule has 0 unspecified atom stereocenters. The Bertz CT molecular complexity index is 339. The summed E-state index contributed by atoms with van der Waals surface area (Å²) in [6.07, 6.45) is -1.01. The first-order valence-corrected chi connectivity index (χ1v) is 4.98. The highest BCUT2D eigenvalue weighted by Crippen LogP contribution is 2.30. The molecule has 3 heteroatoms. The first kappa shape index (κ1) is 12.0. The van der Waals surface area contributed by atoms with Gasteiger partial charge >= 0.3 is 0 Å². The zero-order valence-electron chi connectivity index (χ0n) is 9.36. The highest BCUT2D eigenvalue weighted by Gasteiger charge is 2.17. The van der Waals surface area contributed by atoms with Crippen molar-refractivity contribution in [3.05, 3.63) is 29.3 Å². The molecule has 84 valence electrons. The van der Waals surface area contributed by atoms with Gasteiger partial charge in [-0.15, -0.1) is 0 Å². The lowest BCUT2D eigenvalue weighted by molar-refractivity contribution is 0.0934. The van der Waals surface area contributed by atoms with Crippen LogP contribution in [0.2, 0.25) is 0 Å². The summed E-state index contributed by atoms with van der Waals surface area (Å²) in [6, 6.07) is 5.14. The van der Waals surface area contributed by atoms with Crippen molar-refractivity contribution in [1.82, 2.24) is 0 Å². The Balaban J connectivity index is 3.09. The summed E-state index contributed by atoms with van der Waals surface area (Å²) < 4.78 is 0. The van der Waals surface area contributed by atoms with E-state index in [-0.39, 0.29) is 17.8 Å². The molecule has 0 heterocycles. The summed E-state index contributed by atoms with van der Waals surface area (Å²) in [5.74, 6) is 0.0315. The number of benzene rings is 1. The average Bonchev–Trinajstić information content (AvgIpc) is 2.15. The SMILES string of the molecule is CC(C)(C)c1ccc([C@H](O)CO)c(O)c1. The van der Waals surface area contributed by atoms with Crippen molar-refractivity contribution < 1.29 is 15.3 Å². The topological polar surface area (TPSA) is 60.7 Å². The maximum Gasteiger partial charge on any atom is 0.121 e. The molecule has 1 rings (SSSR count). The van der Waals surface area contributed by atoms with Crippen LogP contribution in [0, 0.1) is 0 Å². The zero-order valence-corrected chi connectivity index (χ0v) is 9.36. The van der Waals surface area contributed by atoms with Crippen LogP contribution in [0.3, 0.4) is 0 Å². The number of aromatic hydroxyl groups is 1. The van der Waals surface area contributed by atoms with Gasteiger partial charge in [0.25, 0.3) is 0 Å². The molecule has 15 heavy (non-hydrogen) atoms. The number of rotatable bonds is 2. The minimum absolute atomic E-state index is 0.0315. The minimum atomic E-state index is -1.01. The van der Waals surface area contributed by atoms with E-state index in [1.165, 1.54) is 0 Å². The molecule has 0 saturated heterocycles. The van der Waals surface area contributed by atoms with E-state index < -0.39 is 6.10 Å². The molecular formula is C12H18O3. The van der Waals surface area contributed by atoms with Gasteiger partial charge in [0.1, 0.15) is 11.9 Å². The summed E-state index contributed by atoms with van der Waals surface area (Å²) in [5, 5.41) is 27.9. The fourth-order valence-corrected chi connectivity index (χ4v) is 1.39. The van der Waals surface area contributed by atoms with E-state index in [4.69, 9.17) is 5.11 Å². The Labute approximate surface area is 90.0 Å². The van der Waals surface area contributed by atoms with Crippen molar-refractivity contribution in [1.29, 1.82) is 0 Å². The molecule has 0 saturated carbocycles. The van der Waals surface area contributed by atoms with Crippen LogP contribution >= 0.6 is 0 Å². The van der Waals surface area contributed by atoms with Crippen LogP contribution in [0.5, 0.6) is 5.75 Å². The summed E-state index contributed by atoms with van der Waals surface area (Å²) in [6.45, 7) is 5.75. The molecule has 0 fully saturated rings. The molecule has 0 spiro atoms. The molecule has 0 aliphatic heterocycles. The van der Waals surface area contributed by atoms with Gasteiger partial charge in [-0.3, -0.25) is 0 Å². The third-order valence-electron chi connectivity index (χ3n) is 2.43. The Kier molecular flexibility index (Phi) is 3.37. The van der Waals surface area contributed by atoms with Crippen molar-refractivity contribution >= 4 is 0 Å². The third-order valence-corrected chi connectivity index (χ3v) is 2.43. The highest BCUT2D eigenvalue weighted by molar-refractivity contribution is 5.40. The van der Waals surface area contributed by atoms with Gasteiger partial charge in [0, 0.05) is 5.56 Å². The third kappa shape index (κ3) is 2.70. The lowest BCUT2D eigenvalue weighted by atomic mass is 9.86. The lowest BCUT2D eigenvalue weighted by Gasteiger charge is -2.20. The number of hydrogen-bond acceptors (Lipinski definition) is 3. The standard InChI is InChI=1S/C12H18O3/c1-12(2,3)8-4-5-9(10(14)6-8)11(15)7-13/h4-6,11,13-15H,7H2,1-3H3/t11-/m1/s1. The van der Waals surface area contributed by atoms with Crippen molar-refractivity contribution in [3.63, 3.8) is 0 Å². The largest absolute Gasteiger partial charge is 0.508 e. The second-order valence-electron chi connectivity index (χ2n) is 4.72. The van der Waals surface area contributed by atoms with E-state index in [1.54, 1.807) is 12.1 Å². The molecule has 1 atom stereocenters. The van der Waals surface area contributed by atoms with E-state index in [9.17, 15) is 10.2 Å². The fraction of sp³-hybridized carbons (Fsp3) is 0.500. The Hall–Kier alpha value is -1.06. The van der Waals surface area contributed by atoms with Crippen LogP contribution in [0.1, 0.15) is 38.0 Å². The van der Waals surface area contributed by atoms with E-state index in [0.717, 1.165) is 5.56 Å². The van der Waals surface area contributed by atoms with Crippen LogP contribution in [-0.4, -0.2) is 21.9 Å². The van der Waals surface area contributed by atoms with E-state index in [2.05, 4.69) is 0 Å². The van der Waals surface area contributed by atoms with E-state index >= 15 is 0 Å². The molecule has 0 amide bonds. The molecule has 0 aromatic heterocycles. The highest BCUT2D eigenvalue weighted by atomic mass is 16.3. The van der Waals surface area contributed by atoms with Gasteiger partial charge in [-0.2, -0.15) is 0 Å². The van der Waals surface area contributed by atoms with Gasteiger partial charge in [-0.25, -0.2) is 0 Å². The summed E-state index contributed by atoms with van der Waals surface area (Å²) >= 11 is 0. The fourth-order valence-electron chi connectivity index (χ4n) is 1.39. The van der Waals surface area contributed by atoms with Crippen molar-refractivity contribution in [2.75, 3.05) is 6.61 Å². The number of aliphatic hydroxyl groups excluding tert-OH is 2. The normalized spacial score (nSPS) is 13.9. The van der Waals surface area contributed by atoms with E-state index in [0.29, 0.717) is 5.56 Å². The zero-order chi connectivity index (χ0) is 11.6. The van der Waals surface area contributed by atoms with Crippen molar-refractivity contribution in [3.8, 4) is 5.75 Å². The molecule has 1 aromatic carbocycles. The van der Waals surface area contributed by atoms with Gasteiger partial charge < -0.3 is 15.3 Å². The van der Waals surface area contributed by atoms with Gasteiger partial charge in [0.2, 0.25) is 0 Å². The Morgan fingerprint density at radius 1 is 1.27 bits per heavy atom. The number of aliphatic hydroxyl groups is 2. The number of phenols is 1. The maximum absolute atomic E-state index is 9.69. The van der Waals surface area contributed by atoms with Crippen LogP contribution in [-0.2, 0) is 5.41 Å². The monoisotopic (exact) mass is 210 g/mol. The van der Waals surface area contributed by atoms with Crippen LogP contribution < -0.4 is 0 Å². The summed E-state index contributed by atoms with van der Waals surface area (Å²) in [7, 11) is 0. The first-order chi connectivity index (χ1) is 6.86. The van der Waals surface area contributed by atoms with Crippen LogP contribution in [0.15, 0.2) is 18.2 Å². The van der Waals surface area contributed by atoms with Gasteiger partial charge in [0.15, 0.2) is 0 Å². The molecule has 0 aliphatic carbocycles. The first-order valence-electron chi connectivity index (χ1n) is 4.98. The summed E-state index contributed by atoms with van der Waals surface area (Å²) in [4.78, 5) is 0. The Morgan fingerprint density at radius 3 is 2.27 bits per heavy atom. The number of hydrogen-bond donors (Lipinski definition) is 3. The van der Waals surface area contributed by atoms with Crippen LogP contribution in [0.25, 0.3) is 0 Å². The molecule has 3 nitrogen and oxygen atoms in total. The molecule has 0 radical (unpaired) electrons. The predicted molar refractivity (Wildman–Crippen MR) is 58.9 cm³/mol. The lowest BCUT2D eigenvalue weighted by Crippen LogP contribution is -2.11. The molecular weight excluding hydrogens is 192 g/mol. The van der Waals surface area contributed by atoms with Gasteiger partial charge in [-0.1, -0.05) is 32.9 Å². The van der Waals surface area contributed by atoms with E-state index in [1.807, 2.05) is 26.8 Å². The summed E-state index contributed by atoms with van der Waals surface area (Å²) in [5.41, 5.74) is 1.32. The maximum atomic E-state index is 9.69. The molecule has 0 bridgehead atoms. The number of phenolic OH excluding ortho intramolecular Hbond substituents is 1. The van der Waals surface area contributed by atoms with Crippen molar-refractivity contribution in [2.45, 2.75) is 32.3 Å². The van der Waals surface area contributed by atoms with Crippen molar-refractivity contribution in [2.24, 2.45) is 0 Å². The Morgan fingerprint density at radius 2 is 1.87 bits per heavy atom. The smallest absolute Gasteiger partial charge is 0.121 e. The molecule has 3 N–H and O–H groups in total. The molecule has 1 aromatic rings. The van der Waals surface area contributed by atoms with Gasteiger partial charge in [-0.05, 0) is 17.0 Å².